The highest BCUT2D eigenvalue weighted by Crippen LogP contribution is 2.29. The normalized spacial score (nSPS) is 11.1. The summed E-state index contributed by atoms with van der Waals surface area (Å²) in [6, 6.07) is 14.5. The van der Waals surface area contributed by atoms with Crippen molar-refractivity contribution >= 4 is 16.9 Å². The lowest BCUT2D eigenvalue weighted by atomic mass is 10.0. The molecule has 0 aliphatic carbocycles. The minimum Gasteiger partial charge on any atom is -0.474 e. The Hall–Kier alpha value is -2.62. The van der Waals surface area contributed by atoms with Gasteiger partial charge in [-0.2, -0.15) is 4.98 Å². The maximum Gasteiger partial charge on any atom is 0.226 e. The predicted octanol–water partition coefficient (Wildman–Crippen LogP) is 3.97. The second-order valence-electron chi connectivity index (χ2n) is 5.65. The van der Waals surface area contributed by atoms with Gasteiger partial charge in [-0.15, -0.1) is 0 Å². The molecule has 112 valence electrons. The van der Waals surface area contributed by atoms with E-state index in [9.17, 15) is 0 Å². The van der Waals surface area contributed by atoms with Crippen molar-refractivity contribution in [2.24, 2.45) is 0 Å². The predicted molar refractivity (Wildman–Crippen MR) is 89.9 cm³/mol. The fraction of sp³-hybridized carbons (Fsp3) is 0.222. The van der Waals surface area contributed by atoms with Crippen LogP contribution in [0.25, 0.3) is 22.0 Å². The lowest BCUT2D eigenvalue weighted by Crippen LogP contribution is -2.09. The first-order chi connectivity index (χ1) is 10.5. The molecule has 4 nitrogen and oxygen atoms in total. The molecule has 0 spiro atoms. The van der Waals surface area contributed by atoms with Gasteiger partial charge in [-0.3, -0.25) is 0 Å². The van der Waals surface area contributed by atoms with E-state index in [-0.39, 0.29) is 12.1 Å². The monoisotopic (exact) mass is 293 g/mol. The molecule has 2 N–H and O–H groups in total. The van der Waals surface area contributed by atoms with Gasteiger partial charge in [-0.1, -0.05) is 35.9 Å². The molecule has 1 aromatic heterocycles. The topological polar surface area (TPSA) is 61.0 Å². The fourth-order valence-corrected chi connectivity index (χ4v) is 2.36. The number of nitrogens with zero attached hydrogens (tertiary/aromatic N) is 2. The summed E-state index contributed by atoms with van der Waals surface area (Å²) in [7, 11) is 0. The Kier molecular flexibility index (Phi) is 3.67. The van der Waals surface area contributed by atoms with Gasteiger partial charge >= 0.3 is 0 Å². The van der Waals surface area contributed by atoms with Crippen LogP contribution in [0.1, 0.15) is 19.4 Å². The highest BCUT2D eigenvalue weighted by Gasteiger charge is 2.10. The van der Waals surface area contributed by atoms with Crippen molar-refractivity contribution in [2.75, 3.05) is 5.73 Å². The maximum absolute atomic E-state index is 5.79. The van der Waals surface area contributed by atoms with E-state index in [2.05, 4.69) is 47.2 Å². The Labute approximate surface area is 130 Å². The number of benzene rings is 2. The van der Waals surface area contributed by atoms with Gasteiger partial charge in [-0.25, -0.2) is 4.98 Å². The average Bonchev–Trinajstić information content (AvgIpc) is 2.47. The molecule has 0 saturated carbocycles. The van der Waals surface area contributed by atoms with E-state index in [4.69, 9.17) is 10.5 Å². The van der Waals surface area contributed by atoms with Crippen LogP contribution in [-0.4, -0.2) is 16.1 Å². The minimum absolute atomic E-state index is 0.0283. The molecular formula is C18H19N3O. The molecule has 0 aliphatic rings. The zero-order valence-electron chi connectivity index (χ0n) is 13.0. The van der Waals surface area contributed by atoms with Gasteiger partial charge in [0.15, 0.2) is 0 Å². The quantitative estimate of drug-likeness (QED) is 0.793. The molecular weight excluding hydrogens is 274 g/mol. The Morgan fingerprint density at radius 1 is 0.955 bits per heavy atom. The van der Waals surface area contributed by atoms with Crippen molar-refractivity contribution < 1.29 is 4.74 Å². The zero-order valence-corrected chi connectivity index (χ0v) is 13.0. The van der Waals surface area contributed by atoms with Crippen LogP contribution < -0.4 is 10.5 Å². The first kappa shape index (κ1) is 14.3. The number of aryl methyl sites for hydroxylation is 1. The van der Waals surface area contributed by atoms with Gasteiger partial charge in [0, 0.05) is 0 Å². The van der Waals surface area contributed by atoms with Crippen molar-refractivity contribution in [3.63, 3.8) is 0 Å². The molecule has 0 bridgehead atoms. The zero-order chi connectivity index (χ0) is 15.7. The van der Waals surface area contributed by atoms with Crippen molar-refractivity contribution in [3.8, 4) is 17.0 Å². The maximum atomic E-state index is 5.79. The Morgan fingerprint density at radius 3 is 2.32 bits per heavy atom. The third-order valence-corrected chi connectivity index (χ3v) is 3.41. The Balaban J connectivity index is 2.15. The molecule has 0 atom stereocenters. The van der Waals surface area contributed by atoms with Crippen LogP contribution in [0.4, 0.5) is 5.95 Å². The fourth-order valence-electron chi connectivity index (χ4n) is 2.36. The van der Waals surface area contributed by atoms with Gasteiger partial charge in [0.2, 0.25) is 11.8 Å². The number of nitrogens with two attached hydrogens (primary N) is 1. The van der Waals surface area contributed by atoms with E-state index < -0.39 is 0 Å². The molecule has 22 heavy (non-hydrogen) atoms. The molecule has 2 aromatic carbocycles. The van der Waals surface area contributed by atoms with Crippen LogP contribution in [0.2, 0.25) is 0 Å². The highest BCUT2D eigenvalue weighted by molar-refractivity contribution is 5.89. The second kappa shape index (κ2) is 5.64. The molecule has 0 fully saturated rings. The molecule has 0 amide bonds. The highest BCUT2D eigenvalue weighted by atomic mass is 16.5. The summed E-state index contributed by atoms with van der Waals surface area (Å²) in [6.07, 6.45) is 0.0283. The van der Waals surface area contributed by atoms with E-state index in [1.54, 1.807) is 0 Å². The van der Waals surface area contributed by atoms with Crippen LogP contribution >= 0.6 is 0 Å². The SMILES string of the molecule is Cc1ccc(-c2ccc3nc(N)nc(OC(C)C)c3c2)cc1. The van der Waals surface area contributed by atoms with Gasteiger partial charge in [0.1, 0.15) is 0 Å². The number of hydrogen-bond donors (Lipinski definition) is 1. The minimum atomic E-state index is 0.0283. The third kappa shape index (κ3) is 2.86. The Bertz CT molecular complexity index is 810. The van der Waals surface area contributed by atoms with E-state index in [1.807, 2.05) is 26.0 Å². The molecule has 0 unspecified atom stereocenters. The summed E-state index contributed by atoms with van der Waals surface area (Å²) >= 11 is 0. The van der Waals surface area contributed by atoms with Crippen molar-refractivity contribution in [2.45, 2.75) is 26.9 Å². The summed E-state index contributed by atoms with van der Waals surface area (Å²) in [5, 5.41) is 0.876. The lowest BCUT2D eigenvalue weighted by molar-refractivity contribution is 0.236. The van der Waals surface area contributed by atoms with E-state index in [1.165, 1.54) is 5.56 Å². The van der Waals surface area contributed by atoms with E-state index in [0.29, 0.717) is 5.88 Å². The summed E-state index contributed by atoms with van der Waals surface area (Å²) < 4.78 is 5.79. The lowest BCUT2D eigenvalue weighted by Gasteiger charge is -2.12. The largest absolute Gasteiger partial charge is 0.474 e. The number of hydrogen-bond acceptors (Lipinski definition) is 4. The van der Waals surface area contributed by atoms with Crippen molar-refractivity contribution in [1.82, 2.24) is 9.97 Å². The van der Waals surface area contributed by atoms with Crippen LogP contribution in [0.3, 0.4) is 0 Å². The van der Waals surface area contributed by atoms with Crippen LogP contribution in [0.15, 0.2) is 42.5 Å². The van der Waals surface area contributed by atoms with Crippen LogP contribution in [-0.2, 0) is 0 Å². The second-order valence-corrected chi connectivity index (χ2v) is 5.65. The summed E-state index contributed by atoms with van der Waals surface area (Å²) in [5.74, 6) is 0.762. The summed E-state index contributed by atoms with van der Waals surface area (Å²) in [6.45, 7) is 6.01. The number of fused-ring (bicyclic) bond motifs is 1. The van der Waals surface area contributed by atoms with Crippen LogP contribution in [0, 0.1) is 6.92 Å². The van der Waals surface area contributed by atoms with Crippen molar-refractivity contribution in [1.29, 1.82) is 0 Å². The molecule has 0 radical (unpaired) electrons. The average molecular weight is 293 g/mol. The van der Waals surface area contributed by atoms with Gasteiger partial charge in [0.05, 0.1) is 17.0 Å². The number of anilines is 1. The van der Waals surface area contributed by atoms with Gasteiger partial charge in [-0.05, 0) is 44.0 Å². The van der Waals surface area contributed by atoms with E-state index >= 15 is 0 Å². The number of aromatic nitrogens is 2. The molecule has 0 saturated heterocycles. The first-order valence-electron chi connectivity index (χ1n) is 7.34. The number of ether oxygens (including phenoxy) is 1. The standard InChI is InChI=1S/C18H19N3O/c1-11(2)22-17-15-10-14(13-6-4-12(3)5-7-13)8-9-16(15)20-18(19)21-17/h4-11H,1-3H3,(H2,19,20,21). The summed E-state index contributed by atoms with van der Waals surface area (Å²) in [5.41, 5.74) is 10.1. The van der Waals surface area contributed by atoms with Gasteiger partial charge < -0.3 is 10.5 Å². The first-order valence-corrected chi connectivity index (χ1v) is 7.34. The summed E-state index contributed by atoms with van der Waals surface area (Å²) in [4.78, 5) is 8.51. The number of rotatable bonds is 3. The number of nitrogen functional groups attached to an aromatic ring is 1. The van der Waals surface area contributed by atoms with E-state index in [0.717, 1.165) is 22.0 Å². The molecule has 1 heterocycles. The van der Waals surface area contributed by atoms with Crippen molar-refractivity contribution in [3.05, 3.63) is 48.0 Å². The molecule has 3 rings (SSSR count). The molecule has 4 heteroatoms. The van der Waals surface area contributed by atoms with Gasteiger partial charge in [0.25, 0.3) is 0 Å². The molecule has 3 aromatic rings. The third-order valence-electron chi connectivity index (χ3n) is 3.41. The van der Waals surface area contributed by atoms with Crippen LogP contribution in [0.5, 0.6) is 5.88 Å². The smallest absolute Gasteiger partial charge is 0.226 e. The molecule has 0 aliphatic heterocycles. The Morgan fingerprint density at radius 2 is 1.64 bits per heavy atom.